The Labute approximate surface area is 212 Å². The summed E-state index contributed by atoms with van der Waals surface area (Å²) in [5.74, 6) is -2.91. The van der Waals surface area contributed by atoms with Crippen molar-refractivity contribution in [3.8, 4) is 11.5 Å². The molecule has 0 saturated heterocycles. The molecule has 10 heteroatoms. The molecule has 3 rings (SSSR count). The van der Waals surface area contributed by atoms with Crippen LogP contribution in [0.15, 0.2) is 66.7 Å². The average Bonchev–Trinajstić information content (AvgIpc) is 2.87. The number of nitrogens with one attached hydrogen (secondary N) is 2. The summed E-state index contributed by atoms with van der Waals surface area (Å²) in [6.07, 6.45) is 0.649. The lowest BCUT2D eigenvalue weighted by atomic mass is 10.0. The van der Waals surface area contributed by atoms with Crippen LogP contribution >= 0.6 is 0 Å². The van der Waals surface area contributed by atoms with Crippen LogP contribution < -0.4 is 16.4 Å². The average molecular weight is 512 g/mol. The first-order valence-electron chi connectivity index (χ1n) is 11.5. The predicted molar refractivity (Wildman–Crippen MR) is 132 cm³/mol. The second kappa shape index (κ2) is 12.6. The Balaban J connectivity index is 1.72. The molecule has 3 atom stereocenters. The summed E-state index contributed by atoms with van der Waals surface area (Å²) in [4.78, 5) is 37.6. The zero-order valence-corrected chi connectivity index (χ0v) is 19.7. The number of phenols is 2. The monoisotopic (exact) mass is 511 g/mol. The minimum atomic E-state index is -1.15. The van der Waals surface area contributed by atoms with Crippen LogP contribution in [0.2, 0.25) is 0 Å². The van der Waals surface area contributed by atoms with Gasteiger partial charge in [0.2, 0.25) is 11.8 Å². The number of carbonyl (C=O) groups is 3. The van der Waals surface area contributed by atoms with Gasteiger partial charge in [0.1, 0.15) is 24.0 Å². The molecule has 194 valence electrons. The van der Waals surface area contributed by atoms with E-state index in [0.717, 1.165) is 0 Å². The van der Waals surface area contributed by atoms with Crippen LogP contribution in [0.1, 0.15) is 16.7 Å². The van der Waals surface area contributed by atoms with Crippen molar-refractivity contribution >= 4 is 18.1 Å². The third kappa shape index (κ3) is 8.11. The Morgan fingerprint density at radius 1 is 0.757 bits per heavy atom. The quantitative estimate of drug-likeness (QED) is 0.197. The van der Waals surface area contributed by atoms with Crippen molar-refractivity contribution < 1.29 is 33.4 Å². The third-order valence-electron chi connectivity index (χ3n) is 5.68. The molecule has 0 aliphatic carbocycles. The molecule has 3 unspecified atom stereocenters. The molecule has 0 aliphatic rings. The zero-order valence-electron chi connectivity index (χ0n) is 19.7. The highest BCUT2D eigenvalue weighted by molar-refractivity contribution is 5.91. The molecule has 37 heavy (non-hydrogen) atoms. The molecule has 0 aliphatic heterocycles. The number of phenolic OH excluding ortho intramolecular Hbond substituents is 2. The Morgan fingerprint density at radius 3 is 1.84 bits per heavy atom. The molecule has 0 saturated carbocycles. The Kier molecular flexibility index (Phi) is 9.28. The number of carbonyl (C=O) groups excluding carboxylic acids is 3. The highest BCUT2D eigenvalue weighted by Gasteiger charge is 2.26. The van der Waals surface area contributed by atoms with Gasteiger partial charge >= 0.3 is 0 Å². The van der Waals surface area contributed by atoms with Gasteiger partial charge in [-0.25, -0.2) is 8.78 Å². The van der Waals surface area contributed by atoms with Gasteiger partial charge in [0.15, 0.2) is 11.5 Å². The minimum Gasteiger partial charge on any atom is -0.504 e. The van der Waals surface area contributed by atoms with E-state index < -0.39 is 41.6 Å². The molecule has 2 amide bonds. The largest absolute Gasteiger partial charge is 0.504 e. The maximum absolute atomic E-state index is 13.3. The second-order valence-corrected chi connectivity index (χ2v) is 8.61. The third-order valence-corrected chi connectivity index (χ3v) is 5.68. The lowest BCUT2D eigenvalue weighted by Gasteiger charge is -2.23. The van der Waals surface area contributed by atoms with Crippen LogP contribution in [-0.4, -0.2) is 46.4 Å². The van der Waals surface area contributed by atoms with Crippen molar-refractivity contribution in [3.05, 3.63) is 95.1 Å². The highest BCUT2D eigenvalue weighted by atomic mass is 19.1. The van der Waals surface area contributed by atoms with Crippen molar-refractivity contribution in [2.75, 3.05) is 0 Å². The minimum absolute atomic E-state index is 0.00604. The molecule has 8 nitrogen and oxygen atoms in total. The standard InChI is InChI=1S/C27H27F2N3O5/c28-19-6-1-16(2-7-19)11-21(15-33)31-27(37)23(13-17-3-8-20(29)9-4-17)32-26(36)22(30)12-18-5-10-24(34)25(35)14-18/h1-10,14-15,21-23,34-35H,11-13,30H2,(H,31,37)(H,32,36). The Morgan fingerprint density at radius 2 is 1.30 bits per heavy atom. The molecule has 0 radical (unpaired) electrons. The fourth-order valence-electron chi connectivity index (χ4n) is 3.68. The summed E-state index contributed by atoms with van der Waals surface area (Å²) in [5, 5.41) is 24.3. The van der Waals surface area contributed by atoms with Gasteiger partial charge in [-0.1, -0.05) is 30.3 Å². The molecule has 0 bridgehead atoms. The topological polar surface area (TPSA) is 142 Å². The number of rotatable bonds is 11. The zero-order chi connectivity index (χ0) is 26.9. The van der Waals surface area contributed by atoms with E-state index in [4.69, 9.17) is 5.73 Å². The van der Waals surface area contributed by atoms with Crippen molar-refractivity contribution in [3.63, 3.8) is 0 Å². The smallest absolute Gasteiger partial charge is 0.243 e. The van der Waals surface area contributed by atoms with Gasteiger partial charge < -0.3 is 31.4 Å². The number of hydrogen-bond acceptors (Lipinski definition) is 6. The van der Waals surface area contributed by atoms with E-state index in [1.165, 1.54) is 66.7 Å². The lowest BCUT2D eigenvalue weighted by molar-refractivity contribution is -0.130. The van der Waals surface area contributed by atoms with Crippen molar-refractivity contribution in [1.29, 1.82) is 0 Å². The Hall–Kier alpha value is -4.31. The van der Waals surface area contributed by atoms with Gasteiger partial charge in [0.05, 0.1) is 12.1 Å². The Bertz CT molecular complexity index is 1240. The number of aromatic hydroxyl groups is 2. The summed E-state index contributed by atoms with van der Waals surface area (Å²) < 4.78 is 26.5. The maximum Gasteiger partial charge on any atom is 0.243 e. The number of hydrogen-bond donors (Lipinski definition) is 5. The summed E-state index contributed by atoms with van der Waals surface area (Å²) in [6, 6.07) is 11.7. The number of nitrogens with two attached hydrogens (primary N) is 1. The molecule has 0 aromatic heterocycles. The number of amides is 2. The predicted octanol–water partition coefficient (Wildman–Crippen LogP) is 1.90. The molecular weight excluding hydrogens is 484 g/mol. The van der Waals surface area contributed by atoms with Gasteiger partial charge in [-0.2, -0.15) is 0 Å². The van der Waals surface area contributed by atoms with Gasteiger partial charge in [-0.05, 0) is 65.9 Å². The normalized spacial score (nSPS) is 13.3. The molecule has 6 N–H and O–H groups in total. The van der Waals surface area contributed by atoms with E-state index in [1.54, 1.807) is 0 Å². The number of aldehydes is 1. The first-order valence-corrected chi connectivity index (χ1v) is 11.5. The SMILES string of the molecule is NC(Cc1ccc(O)c(O)c1)C(=O)NC(Cc1ccc(F)cc1)C(=O)NC(C=O)Cc1ccc(F)cc1. The van der Waals surface area contributed by atoms with Crippen LogP contribution in [0.25, 0.3) is 0 Å². The summed E-state index contributed by atoms with van der Waals surface area (Å²) >= 11 is 0. The lowest BCUT2D eigenvalue weighted by Crippen LogP contribution is -2.55. The highest BCUT2D eigenvalue weighted by Crippen LogP contribution is 2.25. The second-order valence-electron chi connectivity index (χ2n) is 8.61. The van der Waals surface area contributed by atoms with Gasteiger partial charge in [-0.15, -0.1) is 0 Å². The van der Waals surface area contributed by atoms with Gasteiger partial charge in [-0.3, -0.25) is 9.59 Å². The molecular formula is C27H27F2N3O5. The fourth-order valence-corrected chi connectivity index (χ4v) is 3.68. The molecule has 0 spiro atoms. The van der Waals surface area contributed by atoms with E-state index in [-0.39, 0.29) is 30.8 Å². The van der Waals surface area contributed by atoms with Crippen LogP contribution in [0.4, 0.5) is 8.78 Å². The summed E-state index contributed by atoms with van der Waals surface area (Å²) in [5.41, 5.74) is 7.68. The van der Waals surface area contributed by atoms with E-state index >= 15 is 0 Å². The van der Waals surface area contributed by atoms with E-state index in [0.29, 0.717) is 23.0 Å². The van der Waals surface area contributed by atoms with Crippen LogP contribution in [0.5, 0.6) is 11.5 Å². The van der Waals surface area contributed by atoms with Crippen molar-refractivity contribution in [2.45, 2.75) is 37.4 Å². The van der Waals surface area contributed by atoms with Crippen molar-refractivity contribution in [2.24, 2.45) is 5.73 Å². The van der Waals surface area contributed by atoms with E-state index in [9.17, 15) is 33.4 Å². The molecule has 3 aromatic rings. The summed E-state index contributed by atoms with van der Waals surface area (Å²) in [6.45, 7) is 0. The van der Waals surface area contributed by atoms with Crippen LogP contribution in [0.3, 0.4) is 0 Å². The number of benzene rings is 3. The first kappa shape index (κ1) is 27.3. The maximum atomic E-state index is 13.3. The van der Waals surface area contributed by atoms with E-state index in [1.807, 2.05) is 0 Å². The molecule has 3 aromatic carbocycles. The summed E-state index contributed by atoms with van der Waals surface area (Å²) in [7, 11) is 0. The van der Waals surface area contributed by atoms with Crippen LogP contribution in [-0.2, 0) is 33.6 Å². The van der Waals surface area contributed by atoms with Gasteiger partial charge in [0.25, 0.3) is 0 Å². The number of halogens is 2. The van der Waals surface area contributed by atoms with Crippen molar-refractivity contribution in [1.82, 2.24) is 10.6 Å². The molecule has 0 heterocycles. The first-order chi connectivity index (χ1) is 17.6. The van der Waals surface area contributed by atoms with E-state index in [2.05, 4.69) is 10.6 Å². The molecule has 0 fully saturated rings. The van der Waals surface area contributed by atoms with Gasteiger partial charge in [0, 0.05) is 6.42 Å². The fraction of sp³-hybridized carbons (Fsp3) is 0.222. The van der Waals surface area contributed by atoms with Crippen LogP contribution in [0, 0.1) is 11.6 Å².